The first-order valence-corrected chi connectivity index (χ1v) is 12.0. The van der Waals surface area contributed by atoms with Crippen LogP contribution in [0.25, 0.3) is 0 Å². The number of hydrogen-bond acceptors (Lipinski definition) is 8. The van der Waals surface area contributed by atoms with E-state index in [-0.39, 0.29) is 6.61 Å². The molecule has 178 valence electrons. The summed E-state index contributed by atoms with van der Waals surface area (Å²) in [5, 5.41) is 9.20. The monoisotopic (exact) mass is 500 g/mol. The first-order chi connectivity index (χ1) is 16.4. The molecule has 0 saturated heterocycles. The Hall–Kier alpha value is -3.17. The quantitative estimate of drug-likeness (QED) is 0.338. The van der Waals surface area contributed by atoms with E-state index >= 15 is 0 Å². The van der Waals surface area contributed by atoms with Gasteiger partial charge in [-0.05, 0) is 49.2 Å². The number of esters is 1. The lowest BCUT2D eigenvalue weighted by Crippen LogP contribution is -2.29. The summed E-state index contributed by atoms with van der Waals surface area (Å²) >= 11 is 7.59. The molecule has 1 aromatic heterocycles. The fourth-order valence-corrected chi connectivity index (χ4v) is 4.76. The summed E-state index contributed by atoms with van der Waals surface area (Å²) in [6.45, 7) is 3.87. The smallest absolute Gasteiger partial charge is 0.338 e. The summed E-state index contributed by atoms with van der Waals surface area (Å²) in [6, 6.07) is 12.6. The Kier molecular flexibility index (Phi) is 7.33. The number of anilines is 1. The number of allylic oxidation sites excluding steroid dienone is 1. The van der Waals surface area contributed by atoms with Crippen molar-refractivity contribution in [2.45, 2.75) is 30.8 Å². The molecule has 0 spiro atoms. The van der Waals surface area contributed by atoms with Crippen LogP contribution in [-0.2, 0) is 15.3 Å². The van der Waals surface area contributed by atoms with Gasteiger partial charge in [0.15, 0.2) is 11.5 Å². The molecular weight excluding hydrogens is 476 g/mol. The average Bonchev–Trinajstić information content (AvgIpc) is 3.24. The fraction of sp³-hybridized carbons (Fsp3) is 0.292. The highest BCUT2D eigenvalue weighted by molar-refractivity contribution is 7.98. The Morgan fingerprint density at radius 3 is 2.68 bits per heavy atom. The van der Waals surface area contributed by atoms with Crippen molar-refractivity contribution in [1.82, 2.24) is 14.8 Å². The largest absolute Gasteiger partial charge is 0.493 e. The van der Waals surface area contributed by atoms with Crippen molar-refractivity contribution in [3.63, 3.8) is 0 Å². The number of nitrogens with zero attached hydrogens (tertiary/aromatic N) is 3. The van der Waals surface area contributed by atoms with Crippen LogP contribution in [0.4, 0.5) is 5.95 Å². The number of carbonyl (C=O) groups excluding carboxylic acids is 1. The van der Waals surface area contributed by atoms with E-state index in [0.717, 1.165) is 11.1 Å². The Morgan fingerprint density at radius 1 is 1.18 bits per heavy atom. The van der Waals surface area contributed by atoms with Crippen molar-refractivity contribution in [1.29, 1.82) is 0 Å². The number of fused-ring (bicyclic) bond motifs is 1. The molecule has 1 aliphatic heterocycles. The minimum atomic E-state index is -0.553. The van der Waals surface area contributed by atoms with Crippen LogP contribution in [0.15, 0.2) is 58.9 Å². The normalized spacial score (nSPS) is 14.9. The summed E-state index contributed by atoms with van der Waals surface area (Å²) in [6.07, 6.45) is 0. The van der Waals surface area contributed by atoms with Gasteiger partial charge in [0, 0.05) is 16.5 Å². The van der Waals surface area contributed by atoms with Gasteiger partial charge in [-0.1, -0.05) is 41.6 Å². The van der Waals surface area contributed by atoms with Crippen molar-refractivity contribution in [2.75, 3.05) is 26.1 Å². The third-order valence-electron chi connectivity index (χ3n) is 5.31. The van der Waals surface area contributed by atoms with Gasteiger partial charge in [-0.15, -0.1) is 5.10 Å². The molecule has 0 unspecified atom stereocenters. The van der Waals surface area contributed by atoms with Crippen LogP contribution in [0, 0.1) is 0 Å². The Labute approximate surface area is 207 Å². The number of methoxy groups -OCH3 is 2. The Morgan fingerprint density at radius 2 is 1.97 bits per heavy atom. The van der Waals surface area contributed by atoms with Crippen LogP contribution in [0.3, 0.4) is 0 Å². The highest BCUT2D eigenvalue weighted by Crippen LogP contribution is 2.40. The minimum absolute atomic E-state index is 0.263. The van der Waals surface area contributed by atoms with Gasteiger partial charge in [-0.3, -0.25) is 0 Å². The number of hydrogen-bond donors (Lipinski definition) is 1. The first-order valence-electron chi connectivity index (χ1n) is 10.7. The Bertz CT molecular complexity index is 1240. The molecule has 1 aliphatic rings. The maximum absolute atomic E-state index is 13.0. The van der Waals surface area contributed by atoms with Crippen LogP contribution in [0.5, 0.6) is 11.5 Å². The van der Waals surface area contributed by atoms with E-state index in [2.05, 4.69) is 10.3 Å². The molecule has 0 fully saturated rings. The van der Waals surface area contributed by atoms with E-state index in [1.165, 1.54) is 11.8 Å². The van der Waals surface area contributed by atoms with Crippen molar-refractivity contribution in [3.05, 3.63) is 69.9 Å². The lowest BCUT2D eigenvalue weighted by molar-refractivity contribution is -0.139. The molecule has 4 rings (SSSR count). The van der Waals surface area contributed by atoms with Gasteiger partial charge in [0.25, 0.3) is 0 Å². The molecular formula is C24H25ClN4O4S. The van der Waals surface area contributed by atoms with E-state index < -0.39 is 12.0 Å². The van der Waals surface area contributed by atoms with Crippen LogP contribution < -0.4 is 14.8 Å². The maximum Gasteiger partial charge on any atom is 0.338 e. The lowest BCUT2D eigenvalue weighted by atomic mass is 9.95. The second-order valence-corrected chi connectivity index (χ2v) is 8.86. The third kappa shape index (κ3) is 4.85. The molecule has 2 aromatic carbocycles. The molecule has 2 heterocycles. The summed E-state index contributed by atoms with van der Waals surface area (Å²) in [5.74, 6) is 1.93. The summed E-state index contributed by atoms with van der Waals surface area (Å²) in [4.78, 5) is 17.6. The maximum atomic E-state index is 13.0. The van der Waals surface area contributed by atoms with E-state index in [1.807, 2.05) is 43.3 Å². The standard InChI is InChI=1S/C24H25ClN4O4S/c1-5-33-22(30)20-14(2)26-23-27-24(34-13-15-7-6-8-17(25)11-15)28-29(23)21(20)16-9-10-18(31-3)19(12-16)32-4/h6-12,21H,5,13H2,1-4H3,(H,26,27,28)/t21-/m1/s1. The molecule has 8 nitrogen and oxygen atoms in total. The molecule has 3 aromatic rings. The zero-order valence-corrected chi connectivity index (χ0v) is 20.9. The molecule has 0 radical (unpaired) electrons. The number of halogens is 1. The fourth-order valence-electron chi connectivity index (χ4n) is 3.77. The summed E-state index contributed by atoms with van der Waals surface area (Å²) in [5.41, 5.74) is 2.97. The third-order valence-corrected chi connectivity index (χ3v) is 6.45. The van der Waals surface area contributed by atoms with Gasteiger partial charge >= 0.3 is 5.97 Å². The van der Waals surface area contributed by atoms with E-state index in [0.29, 0.717) is 44.6 Å². The second kappa shape index (κ2) is 10.4. The van der Waals surface area contributed by atoms with Gasteiger partial charge in [-0.2, -0.15) is 4.98 Å². The van der Waals surface area contributed by atoms with E-state index in [4.69, 9.17) is 30.9 Å². The zero-order valence-electron chi connectivity index (χ0n) is 19.3. The number of ether oxygens (including phenoxy) is 3. The molecule has 0 amide bonds. The van der Waals surface area contributed by atoms with Gasteiger partial charge in [0.05, 0.1) is 26.4 Å². The van der Waals surface area contributed by atoms with Crippen LogP contribution in [-0.4, -0.2) is 41.6 Å². The van der Waals surface area contributed by atoms with Crippen molar-refractivity contribution < 1.29 is 19.0 Å². The highest BCUT2D eigenvalue weighted by Gasteiger charge is 2.35. The molecule has 0 bridgehead atoms. The van der Waals surface area contributed by atoms with Crippen LogP contribution >= 0.6 is 23.4 Å². The minimum Gasteiger partial charge on any atom is -0.493 e. The van der Waals surface area contributed by atoms with E-state index in [9.17, 15) is 4.79 Å². The topological polar surface area (TPSA) is 87.5 Å². The number of aromatic nitrogens is 3. The van der Waals surface area contributed by atoms with Crippen LogP contribution in [0.1, 0.15) is 31.0 Å². The number of carbonyl (C=O) groups is 1. The Balaban J connectivity index is 1.73. The summed E-state index contributed by atoms with van der Waals surface area (Å²) in [7, 11) is 3.15. The molecule has 0 saturated carbocycles. The number of benzene rings is 2. The highest BCUT2D eigenvalue weighted by atomic mass is 35.5. The molecule has 1 atom stereocenters. The SMILES string of the molecule is CCOC(=O)C1=C(C)Nc2nc(SCc3cccc(Cl)c3)nn2[C@@H]1c1ccc(OC)c(OC)c1. The predicted molar refractivity (Wildman–Crippen MR) is 132 cm³/mol. The van der Waals surface area contributed by atoms with Gasteiger partial charge in [-0.25, -0.2) is 9.48 Å². The van der Waals surface area contributed by atoms with Crippen molar-refractivity contribution >= 4 is 35.3 Å². The molecule has 34 heavy (non-hydrogen) atoms. The first kappa shape index (κ1) is 24.0. The van der Waals surface area contributed by atoms with Gasteiger partial charge in [0.1, 0.15) is 6.04 Å². The molecule has 0 aliphatic carbocycles. The van der Waals surface area contributed by atoms with Crippen molar-refractivity contribution in [2.24, 2.45) is 0 Å². The van der Waals surface area contributed by atoms with Gasteiger partial charge in [0.2, 0.25) is 11.1 Å². The predicted octanol–water partition coefficient (Wildman–Crippen LogP) is 5.09. The average molecular weight is 501 g/mol. The number of rotatable bonds is 8. The molecule has 10 heteroatoms. The second-order valence-electron chi connectivity index (χ2n) is 7.48. The summed E-state index contributed by atoms with van der Waals surface area (Å²) < 4.78 is 18.0. The lowest BCUT2D eigenvalue weighted by Gasteiger charge is -2.28. The zero-order chi connectivity index (χ0) is 24.2. The van der Waals surface area contributed by atoms with Crippen LogP contribution in [0.2, 0.25) is 5.02 Å². The van der Waals surface area contributed by atoms with Gasteiger partial charge < -0.3 is 19.5 Å². The molecule has 1 N–H and O–H groups in total. The number of nitrogens with one attached hydrogen (secondary N) is 1. The van der Waals surface area contributed by atoms with Crippen molar-refractivity contribution in [3.8, 4) is 11.5 Å². The number of thioether (sulfide) groups is 1. The van der Waals surface area contributed by atoms with E-state index in [1.54, 1.807) is 31.9 Å².